The van der Waals surface area contributed by atoms with E-state index in [2.05, 4.69) is 0 Å². The first-order valence-electron chi connectivity index (χ1n) is 5.16. The van der Waals surface area contributed by atoms with Crippen molar-refractivity contribution in [1.82, 2.24) is 0 Å². The maximum absolute atomic E-state index is 10.8. The maximum atomic E-state index is 10.8. The zero-order valence-corrected chi connectivity index (χ0v) is 9.71. The van der Waals surface area contributed by atoms with Crippen LogP contribution in [0.2, 0.25) is 5.02 Å². The summed E-state index contributed by atoms with van der Waals surface area (Å²) in [6, 6.07) is 3.29. The van der Waals surface area contributed by atoms with Crippen molar-refractivity contribution in [3.8, 4) is 5.75 Å². The molecule has 0 saturated heterocycles. The average molecular weight is 241 g/mol. The minimum Gasteiger partial charge on any atom is -0.506 e. The molecule has 4 heteroatoms. The molecule has 1 fully saturated rings. The van der Waals surface area contributed by atoms with Crippen molar-refractivity contribution in [3.05, 3.63) is 28.3 Å². The molecule has 1 aromatic carbocycles. The Labute approximate surface area is 98.7 Å². The number of carboxylic acid groups (broad SMARTS) is 1. The van der Waals surface area contributed by atoms with Gasteiger partial charge in [-0.05, 0) is 43.0 Å². The summed E-state index contributed by atoms with van der Waals surface area (Å²) in [7, 11) is 0. The highest BCUT2D eigenvalue weighted by Gasteiger charge is 2.47. The first kappa shape index (κ1) is 11.3. The molecule has 0 heterocycles. The summed E-state index contributed by atoms with van der Waals surface area (Å²) in [6.45, 7) is 1.89. The van der Waals surface area contributed by atoms with Gasteiger partial charge in [0.15, 0.2) is 0 Å². The molecule has 0 aliphatic heterocycles. The van der Waals surface area contributed by atoms with Gasteiger partial charge in [-0.25, -0.2) is 0 Å². The van der Waals surface area contributed by atoms with Crippen molar-refractivity contribution in [1.29, 1.82) is 0 Å². The van der Waals surface area contributed by atoms with Gasteiger partial charge in [0.25, 0.3) is 0 Å². The quantitative estimate of drug-likeness (QED) is 0.854. The number of carbonyl (C=O) groups is 1. The van der Waals surface area contributed by atoms with Crippen LogP contribution in [-0.2, 0) is 10.2 Å². The number of halogens is 1. The number of carboxylic acids is 1. The van der Waals surface area contributed by atoms with E-state index in [4.69, 9.17) is 16.7 Å². The smallest absolute Gasteiger partial charge is 0.304 e. The van der Waals surface area contributed by atoms with Crippen molar-refractivity contribution >= 4 is 17.6 Å². The molecule has 2 N–H and O–H groups in total. The zero-order chi connectivity index (χ0) is 11.9. The molecule has 0 radical (unpaired) electrons. The van der Waals surface area contributed by atoms with Crippen molar-refractivity contribution in [2.45, 2.75) is 31.6 Å². The van der Waals surface area contributed by atoms with Crippen LogP contribution in [0.25, 0.3) is 0 Å². The Morgan fingerprint density at radius 2 is 2.12 bits per heavy atom. The normalized spacial score (nSPS) is 17.1. The van der Waals surface area contributed by atoms with E-state index in [0.717, 1.165) is 24.0 Å². The summed E-state index contributed by atoms with van der Waals surface area (Å²) in [5, 5.41) is 18.8. The Bertz CT molecular complexity index is 450. The predicted molar refractivity (Wildman–Crippen MR) is 61.0 cm³/mol. The van der Waals surface area contributed by atoms with Crippen molar-refractivity contribution in [2.75, 3.05) is 0 Å². The van der Waals surface area contributed by atoms with Crippen LogP contribution in [0.15, 0.2) is 12.1 Å². The molecule has 1 aromatic rings. The number of aryl methyl sites for hydroxylation is 1. The summed E-state index contributed by atoms with van der Waals surface area (Å²) < 4.78 is 0. The first-order chi connectivity index (χ1) is 7.44. The van der Waals surface area contributed by atoms with Gasteiger partial charge in [-0.2, -0.15) is 0 Å². The van der Waals surface area contributed by atoms with Crippen molar-refractivity contribution < 1.29 is 15.0 Å². The third-order valence-electron chi connectivity index (χ3n) is 3.21. The van der Waals surface area contributed by atoms with Gasteiger partial charge in [0.1, 0.15) is 5.75 Å². The second-order valence-corrected chi connectivity index (χ2v) is 4.88. The number of rotatable bonds is 3. The molecule has 0 atom stereocenters. The lowest BCUT2D eigenvalue weighted by Crippen LogP contribution is -2.14. The topological polar surface area (TPSA) is 57.5 Å². The predicted octanol–water partition coefficient (Wildman–Crippen LogP) is 2.86. The van der Waals surface area contributed by atoms with E-state index in [-0.39, 0.29) is 17.6 Å². The first-order valence-corrected chi connectivity index (χ1v) is 5.54. The third-order valence-corrected chi connectivity index (χ3v) is 3.51. The van der Waals surface area contributed by atoms with Gasteiger partial charge in [0.05, 0.1) is 11.4 Å². The molecule has 1 saturated carbocycles. The van der Waals surface area contributed by atoms with Crippen molar-refractivity contribution in [2.24, 2.45) is 0 Å². The summed E-state index contributed by atoms with van der Waals surface area (Å²) in [5.41, 5.74) is 1.58. The fraction of sp³-hybridized carbons (Fsp3) is 0.417. The molecular formula is C12H13ClO3. The summed E-state index contributed by atoms with van der Waals surface area (Å²) >= 11 is 5.80. The zero-order valence-electron chi connectivity index (χ0n) is 8.96. The molecule has 86 valence electrons. The van der Waals surface area contributed by atoms with Gasteiger partial charge >= 0.3 is 5.97 Å². The van der Waals surface area contributed by atoms with E-state index in [0.29, 0.717) is 5.02 Å². The van der Waals surface area contributed by atoms with Crippen LogP contribution in [0.1, 0.15) is 30.4 Å². The largest absolute Gasteiger partial charge is 0.506 e. The molecule has 3 nitrogen and oxygen atoms in total. The molecule has 0 unspecified atom stereocenters. The van der Waals surface area contributed by atoms with Crippen LogP contribution in [0.4, 0.5) is 0 Å². The molecule has 1 aliphatic carbocycles. The van der Waals surface area contributed by atoms with E-state index in [1.54, 1.807) is 12.1 Å². The van der Waals surface area contributed by atoms with Gasteiger partial charge in [-0.1, -0.05) is 11.6 Å². The number of aliphatic carboxylic acids is 1. The molecule has 0 aromatic heterocycles. The molecule has 2 rings (SSSR count). The van der Waals surface area contributed by atoms with E-state index in [9.17, 15) is 9.90 Å². The standard InChI is InChI=1S/C12H13ClO3/c1-7-4-9(13)10(14)5-8(7)12(2-3-12)6-11(15)16/h4-5,14H,2-3,6H2,1H3,(H,15,16). The summed E-state index contributed by atoms with van der Waals surface area (Å²) in [6.07, 6.45) is 1.84. The number of phenols is 1. The molecular weight excluding hydrogens is 228 g/mol. The van der Waals surface area contributed by atoms with Crippen LogP contribution in [-0.4, -0.2) is 16.2 Å². The maximum Gasteiger partial charge on any atom is 0.304 e. The fourth-order valence-electron chi connectivity index (χ4n) is 2.21. The Morgan fingerprint density at radius 1 is 1.50 bits per heavy atom. The van der Waals surface area contributed by atoms with E-state index in [1.807, 2.05) is 6.92 Å². The minimum atomic E-state index is -0.800. The Kier molecular flexibility index (Phi) is 2.58. The fourth-order valence-corrected chi connectivity index (χ4v) is 2.43. The number of hydrogen-bond donors (Lipinski definition) is 2. The van der Waals surface area contributed by atoms with Crippen LogP contribution in [0, 0.1) is 6.92 Å². The van der Waals surface area contributed by atoms with E-state index >= 15 is 0 Å². The third kappa shape index (κ3) is 1.87. The summed E-state index contributed by atoms with van der Waals surface area (Å²) in [5.74, 6) is -0.773. The van der Waals surface area contributed by atoms with Gasteiger partial charge in [0, 0.05) is 5.41 Å². The SMILES string of the molecule is Cc1cc(Cl)c(O)cc1C1(CC(=O)O)CC1. The van der Waals surface area contributed by atoms with Crippen LogP contribution in [0.3, 0.4) is 0 Å². The number of hydrogen-bond acceptors (Lipinski definition) is 2. The van der Waals surface area contributed by atoms with Crippen LogP contribution < -0.4 is 0 Å². The second kappa shape index (κ2) is 3.67. The van der Waals surface area contributed by atoms with Gasteiger partial charge in [-0.15, -0.1) is 0 Å². The average Bonchev–Trinajstić information content (AvgIpc) is 2.91. The van der Waals surface area contributed by atoms with Crippen LogP contribution >= 0.6 is 11.6 Å². The van der Waals surface area contributed by atoms with Gasteiger partial charge in [-0.3, -0.25) is 4.79 Å². The molecule has 0 spiro atoms. The second-order valence-electron chi connectivity index (χ2n) is 4.47. The van der Waals surface area contributed by atoms with E-state index in [1.165, 1.54) is 0 Å². The number of aromatic hydroxyl groups is 1. The Hall–Kier alpha value is -1.22. The molecule has 16 heavy (non-hydrogen) atoms. The van der Waals surface area contributed by atoms with Gasteiger partial charge in [0.2, 0.25) is 0 Å². The monoisotopic (exact) mass is 240 g/mol. The van der Waals surface area contributed by atoms with Crippen LogP contribution in [0.5, 0.6) is 5.75 Å². The Morgan fingerprint density at radius 3 is 2.62 bits per heavy atom. The highest BCUT2D eigenvalue weighted by Crippen LogP contribution is 2.53. The molecule has 0 amide bonds. The lowest BCUT2D eigenvalue weighted by molar-refractivity contribution is -0.137. The van der Waals surface area contributed by atoms with Crippen molar-refractivity contribution in [3.63, 3.8) is 0 Å². The number of benzene rings is 1. The highest BCUT2D eigenvalue weighted by atomic mass is 35.5. The highest BCUT2D eigenvalue weighted by molar-refractivity contribution is 6.32. The van der Waals surface area contributed by atoms with Gasteiger partial charge < -0.3 is 10.2 Å². The molecule has 0 bridgehead atoms. The molecule has 1 aliphatic rings. The lowest BCUT2D eigenvalue weighted by atomic mass is 9.89. The minimum absolute atomic E-state index is 0.0268. The Balaban J connectivity index is 2.41. The number of phenolic OH excluding ortho intramolecular Hbond substituents is 1. The lowest BCUT2D eigenvalue weighted by Gasteiger charge is -2.17. The van der Waals surface area contributed by atoms with E-state index < -0.39 is 5.97 Å². The summed E-state index contributed by atoms with van der Waals surface area (Å²) in [4.78, 5) is 10.8.